The number of aryl methyl sites for hydroxylation is 2. The number of nitrogens with one attached hydrogen (secondary N) is 1. The zero-order valence-corrected chi connectivity index (χ0v) is 16.8. The summed E-state index contributed by atoms with van der Waals surface area (Å²) in [6.07, 6.45) is 5.72. The fraction of sp³-hybridized carbons (Fsp3) is 0.364. The molecule has 7 nitrogen and oxygen atoms in total. The molecular formula is C22H25N5O2. The Kier molecular flexibility index (Phi) is 5.55. The highest BCUT2D eigenvalue weighted by atomic mass is 16.5. The third kappa shape index (κ3) is 4.62. The van der Waals surface area contributed by atoms with Crippen LogP contribution in [0.25, 0.3) is 0 Å². The van der Waals surface area contributed by atoms with Gasteiger partial charge in [0, 0.05) is 42.8 Å². The molecule has 1 amide bonds. The van der Waals surface area contributed by atoms with E-state index >= 15 is 0 Å². The van der Waals surface area contributed by atoms with Crippen LogP contribution in [0.1, 0.15) is 41.6 Å². The summed E-state index contributed by atoms with van der Waals surface area (Å²) in [6.45, 7) is 5.94. The van der Waals surface area contributed by atoms with E-state index in [1.54, 1.807) is 0 Å². The summed E-state index contributed by atoms with van der Waals surface area (Å²) < 4.78 is 5.47. The first kappa shape index (κ1) is 19.1. The van der Waals surface area contributed by atoms with E-state index in [0.29, 0.717) is 11.7 Å². The van der Waals surface area contributed by atoms with E-state index in [1.807, 2.05) is 43.6 Å². The maximum absolute atomic E-state index is 12.3. The number of carbonyl (C=O) groups is 1. The number of rotatable bonds is 5. The van der Waals surface area contributed by atoms with Crippen molar-refractivity contribution in [3.8, 4) is 0 Å². The lowest BCUT2D eigenvalue weighted by molar-refractivity contribution is -0.115. The van der Waals surface area contributed by atoms with Gasteiger partial charge in [0.2, 0.25) is 11.8 Å². The Labute approximate surface area is 170 Å². The van der Waals surface area contributed by atoms with Crippen molar-refractivity contribution in [3.63, 3.8) is 0 Å². The molecule has 4 rings (SSSR count). The standard InChI is InChI=1S/C22H25N5O2/c1-15-4-3-5-18(12-15)24-21(28)13-20-25-22(29-26-20)17-7-10-27(11-8-17)19-6-9-23-14-16(19)2/h3-6,9,12,14,17H,7-8,10-11,13H2,1-2H3,(H,24,28). The minimum absolute atomic E-state index is 0.104. The molecule has 1 saturated heterocycles. The lowest BCUT2D eigenvalue weighted by Crippen LogP contribution is -2.33. The summed E-state index contributed by atoms with van der Waals surface area (Å²) in [5.41, 5.74) is 4.29. The number of benzene rings is 1. The summed E-state index contributed by atoms with van der Waals surface area (Å²) in [7, 11) is 0. The van der Waals surface area contributed by atoms with Crippen LogP contribution in [0, 0.1) is 13.8 Å². The fourth-order valence-electron chi connectivity index (χ4n) is 3.76. The van der Waals surface area contributed by atoms with Crippen molar-refractivity contribution in [1.82, 2.24) is 15.1 Å². The Balaban J connectivity index is 1.32. The molecule has 150 valence electrons. The molecule has 1 aromatic carbocycles. The van der Waals surface area contributed by atoms with Crippen LogP contribution in [0.2, 0.25) is 0 Å². The van der Waals surface area contributed by atoms with E-state index < -0.39 is 0 Å². The molecule has 3 heterocycles. The fourth-order valence-corrected chi connectivity index (χ4v) is 3.76. The minimum atomic E-state index is -0.147. The minimum Gasteiger partial charge on any atom is -0.371 e. The van der Waals surface area contributed by atoms with Gasteiger partial charge in [-0.15, -0.1) is 0 Å². The van der Waals surface area contributed by atoms with E-state index in [2.05, 4.69) is 38.3 Å². The first-order valence-corrected chi connectivity index (χ1v) is 9.93. The van der Waals surface area contributed by atoms with Gasteiger partial charge >= 0.3 is 0 Å². The first-order valence-electron chi connectivity index (χ1n) is 9.93. The Morgan fingerprint density at radius 3 is 2.83 bits per heavy atom. The van der Waals surface area contributed by atoms with Gasteiger partial charge in [-0.2, -0.15) is 4.98 Å². The molecule has 0 spiro atoms. The number of hydrogen-bond donors (Lipinski definition) is 1. The van der Waals surface area contributed by atoms with E-state index in [1.165, 1.54) is 11.3 Å². The van der Waals surface area contributed by atoms with E-state index in [0.717, 1.165) is 37.2 Å². The van der Waals surface area contributed by atoms with Crippen molar-refractivity contribution in [2.45, 2.75) is 39.0 Å². The number of nitrogens with zero attached hydrogens (tertiary/aromatic N) is 4. The van der Waals surface area contributed by atoms with Crippen LogP contribution in [0.3, 0.4) is 0 Å². The molecule has 1 aliphatic rings. The predicted molar refractivity (Wildman–Crippen MR) is 111 cm³/mol. The van der Waals surface area contributed by atoms with Crippen LogP contribution in [0.15, 0.2) is 47.2 Å². The Morgan fingerprint density at radius 2 is 2.07 bits per heavy atom. The second-order valence-electron chi connectivity index (χ2n) is 7.57. The van der Waals surface area contributed by atoms with Crippen molar-refractivity contribution in [1.29, 1.82) is 0 Å². The second kappa shape index (κ2) is 8.43. The largest absolute Gasteiger partial charge is 0.371 e. The third-order valence-electron chi connectivity index (χ3n) is 5.28. The van der Waals surface area contributed by atoms with Crippen LogP contribution < -0.4 is 10.2 Å². The molecule has 0 saturated carbocycles. The van der Waals surface area contributed by atoms with E-state index in [-0.39, 0.29) is 18.2 Å². The lowest BCUT2D eigenvalue weighted by Gasteiger charge is -2.33. The van der Waals surface area contributed by atoms with Crippen LogP contribution in [-0.4, -0.2) is 34.1 Å². The number of hydrogen-bond acceptors (Lipinski definition) is 6. The topological polar surface area (TPSA) is 84.2 Å². The molecule has 0 bridgehead atoms. The quantitative estimate of drug-likeness (QED) is 0.715. The smallest absolute Gasteiger partial charge is 0.232 e. The normalized spacial score (nSPS) is 14.8. The van der Waals surface area contributed by atoms with Crippen molar-refractivity contribution in [2.75, 3.05) is 23.3 Å². The molecule has 0 atom stereocenters. The van der Waals surface area contributed by atoms with Crippen LogP contribution in [-0.2, 0) is 11.2 Å². The van der Waals surface area contributed by atoms with Crippen molar-refractivity contribution in [3.05, 3.63) is 65.6 Å². The number of carbonyl (C=O) groups excluding carboxylic acids is 1. The van der Waals surface area contributed by atoms with Gasteiger partial charge in [-0.05, 0) is 56.0 Å². The van der Waals surface area contributed by atoms with E-state index in [9.17, 15) is 4.79 Å². The highest BCUT2D eigenvalue weighted by Gasteiger charge is 2.26. The average molecular weight is 391 g/mol. The summed E-state index contributed by atoms with van der Waals surface area (Å²) in [5, 5.41) is 6.89. The molecule has 2 aromatic heterocycles. The molecular weight excluding hydrogens is 366 g/mol. The monoisotopic (exact) mass is 391 g/mol. The number of piperidine rings is 1. The molecule has 7 heteroatoms. The summed E-state index contributed by atoms with van der Waals surface area (Å²) in [4.78, 5) is 23.3. The SMILES string of the molecule is Cc1cccc(NC(=O)Cc2noc(C3CCN(c4ccncc4C)CC3)n2)c1. The Bertz CT molecular complexity index is 992. The van der Waals surface area contributed by atoms with Gasteiger partial charge in [0.1, 0.15) is 0 Å². The van der Waals surface area contributed by atoms with Gasteiger partial charge in [0.25, 0.3) is 0 Å². The van der Waals surface area contributed by atoms with E-state index in [4.69, 9.17) is 4.52 Å². The highest BCUT2D eigenvalue weighted by Crippen LogP contribution is 2.30. The van der Waals surface area contributed by atoms with Crippen molar-refractivity contribution < 1.29 is 9.32 Å². The highest BCUT2D eigenvalue weighted by molar-refractivity contribution is 5.91. The van der Waals surface area contributed by atoms with Crippen LogP contribution in [0.5, 0.6) is 0 Å². The van der Waals surface area contributed by atoms with Gasteiger partial charge in [-0.1, -0.05) is 17.3 Å². The van der Waals surface area contributed by atoms with Gasteiger partial charge in [0.05, 0.1) is 6.42 Å². The van der Waals surface area contributed by atoms with Crippen LogP contribution in [0.4, 0.5) is 11.4 Å². The molecule has 1 fully saturated rings. The number of amides is 1. The number of aromatic nitrogens is 3. The summed E-state index contributed by atoms with van der Waals surface area (Å²) in [6, 6.07) is 9.76. The first-order chi connectivity index (χ1) is 14.1. The molecule has 0 unspecified atom stereocenters. The molecule has 0 radical (unpaired) electrons. The number of pyridine rings is 1. The molecule has 1 N–H and O–H groups in total. The summed E-state index contributed by atoms with van der Waals surface area (Å²) in [5.74, 6) is 1.15. The predicted octanol–water partition coefficient (Wildman–Crippen LogP) is 3.65. The van der Waals surface area contributed by atoms with Gasteiger partial charge < -0.3 is 14.7 Å². The Hall–Kier alpha value is -3.22. The van der Waals surface area contributed by atoms with Gasteiger partial charge in [-0.25, -0.2) is 0 Å². The third-order valence-corrected chi connectivity index (χ3v) is 5.28. The Morgan fingerprint density at radius 1 is 1.24 bits per heavy atom. The van der Waals surface area contributed by atoms with Gasteiger partial charge in [-0.3, -0.25) is 9.78 Å². The van der Waals surface area contributed by atoms with Crippen molar-refractivity contribution >= 4 is 17.3 Å². The molecule has 1 aliphatic heterocycles. The van der Waals surface area contributed by atoms with Crippen molar-refractivity contribution in [2.24, 2.45) is 0 Å². The van der Waals surface area contributed by atoms with Gasteiger partial charge in [0.15, 0.2) is 5.82 Å². The maximum atomic E-state index is 12.3. The maximum Gasteiger partial charge on any atom is 0.232 e. The zero-order chi connectivity index (χ0) is 20.2. The molecule has 0 aliphatic carbocycles. The second-order valence-corrected chi connectivity index (χ2v) is 7.57. The summed E-state index contributed by atoms with van der Waals surface area (Å²) >= 11 is 0. The zero-order valence-electron chi connectivity index (χ0n) is 16.8. The molecule has 29 heavy (non-hydrogen) atoms. The lowest BCUT2D eigenvalue weighted by atomic mass is 9.96. The number of anilines is 2. The average Bonchev–Trinajstić information content (AvgIpc) is 3.17. The molecule has 3 aromatic rings. The van der Waals surface area contributed by atoms with Crippen LogP contribution >= 0.6 is 0 Å².